The summed E-state index contributed by atoms with van der Waals surface area (Å²) < 4.78 is 26.2. The second-order valence-electron chi connectivity index (χ2n) is 7.71. The molecule has 2 amide bonds. The van der Waals surface area contributed by atoms with E-state index in [2.05, 4.69) is 25.6 Å². The summed E-state index contributed by atoms with van der Waals surface area (Å²) in [6, 6.07) is 2.35. The molecule has 0 aliphatic carbocycles. The fraction of sp³-hybridized carbons (Fsp3) is 0.444. The molecule has 2 aromatic heterocycles. The quantitative estimate of drug-likeness (QED) is 0.186. The first kappa shape index (κ1) is 26.6. The van der Waals surface area contributed by atoms with Crippen LogP contribution in [0, 0.1) is 0 Å². The van der Waals surface area contributed by atoms with E-state index < -0.39 is 45.3 Å². The molecule has 194 valence electrons. The van der Waals surface area contributed by atoms with Crippen LogP contribution in [0.1, 0.15) is 11.0 Å². The molecule has 1 fully saturated rings. The van der Waals surface area contributed by atoms with Gasteiger partial charge >= 0.3 is 5.97 Å². The number of thioether (sulfide) groups is 2. The number of aliphatic hydroxyl groups excluding tert-OH is 1. The third-order valence-corrected chi connectivity index (χ3v) is 9.21. The van der Waals surface area contributed by atoms with Gasteiger partial charge in [0.2, 0.25) is 15.2 Å². The highest BCUT2D eigenvalue weighted by atomic mass is 32.2. The number of aliphatic carboxylic acids is 1. The van der Waals surface area contributed by atoms with Gasteiger partial charge in [0.25, 0.3) is 11.8 Å². The van der Waals surface area contributed by atoms with Gasteiger partial charge in [-0.15, -0.1) is 28.2 Å². The van der Waals surface area contributed by atoms with Gasteiger partial charge in [-0.1, -0.05) is 17.8 Å². The molecule has 1 saturated heterocycles. The van der Waals surface area contributed by atoms with Crippen LogP contribution in [0.4, 0.5) is 0 Å². The summed E-state index contributed by atoms with van der Waals surface area (Å²) in [5, 5.41) is 35.3. The van der Waals surface area contributed by atoms with Crippen molar-refractivity contribution in [3.8, 4) is 0 Å². The van der Waals surface area contributed by atoms with Gasteiger partial charge < -0.3 is 15.5 Å². The van der Waals surface area contributed by atoms with Gasteiger partial charge in [-0.3, -0.25) is 14.5 Å². The predicted molar refractivity (Wildman–Crippen MR) is 130 cm³/mol. The summed E-state index contributed by atoms with van der Waals surface area (Å²) >= 11 is 3.67. The molecule has 0 aromatic carbocycles. The summed E-state index contributed by atoms with van der Waals surface area (Å²) in [7, 11) is -3.37. The number of rotatable bonds is 11. The highest BCUT2D eigenvalue weighted by molar-refractivity contribution is 8.01. The van der Waals surface area contributed by atoms with Crippen LogP contribution in [0.25, 0.3) is 0 Å². The Balaban J connectivity index is 1.41. The van der Waals surface area contributed by atoms with Gasteiger partial charge in [0.05, 0.1) is 12.8 Å². The summed E-state index contributed by atoms with van der Waals surface area (Å²) in [4.78, 5) is 38.9. The average Bonchev–Trinajstić information content (AvgIpc) is 3.51. The van der Waals surface area contributed by atoms with E-state index in [1.54, 1.807) is 17.5 Å². The number of β-lactam (4-membered cyclic amide) rings is 1. The molecule has 18 heteroatoms. The van der Waals surface area contributed by atoms with Gasteiger partial charge in [0.1, 0.15) is 17.1 Å². The monoisotopic (exact) mass is 575 g/mol. The maximum absolute atomic E-state index is 12.8. The molecule has 2 aliphatic heterocycles. The molecule has 3 atom stereocenters. The van der Waals surface area contributed by atoms with Crippen molar-refractivity contribution in [2.75, 3.05) is 24.3 Å². The first-order valence-corrected chi connectivity index (χ1v) is 15.1. The van der Waals surface area contributed by atoms with E-state index in [1.807, 2.05) is 0 Å². The largest absolute Gasteiger partial charge is 0.477 e. The van der Waals surface area contributed by atoms with Gasteiger partial charge in [-0.05, 0) is 27.4 Å². The van der Waals surface area contributed by atoms with Crippen LogP contribution >= 0.6 is 34.9 Å². The van der Waals surface area contributed by atoms with Crippen molar-refractivity contribution in [2.24, 2.45) is 0 Å². The minimum absolute atomic E-state index is 0.0780. The van der Waals surface area contributed by atoms with Crippen molar-refractivity contribution in [3.63, 3.8) is 0 Å². The molecule has 2 aliphatic rings. The summed E-state index contributed by atoms with van der Waals surface area (Å²) in [6.07, 6.45) is -0.379. The van der Waals surface area contributed by atoms with Gasteiger partial charge in [-0.25, -0.2) is 22.6 Å². The number of carbonyl (C=O) groups excluding carboxylic acids is 2. The Labute approximate surface area is 217 Å². The van der Waals surface area contributed by atoms with E-state index in [0.29, 0.717) is 21.4 Å². The van der Waals surface area contributed by atoms with E-state index in [-0.39, 0.29) is 24.5 Å². The number of carbonyl (C=O) groups is 3. The van der Waals surface area contributed by atoms with Crippen molar-refractivity contribution in [1.82, 2.24) is 35.1 Å². The highest BCUT2D eigenvalue weighted by Crippen LogP contribution is 2.41. The molecule has 4 heterocycles. The normalized spacial score (nSPS) is 20.6. The fourth-order valence-electron chi connectivity index (χ4n) is 3.53. The highest BCUT2D eigenvalue weighted by Gasteiger charge is 2.54. The van der Waals surface area contributed by atoms with E-state index in [1.165, 1.54) is 27.8 Å². The predicted octanol–water partition coefficient (Wildman–Crippen LogP) is -1.15. The second-order valence-corrected chi connectivity index (χ2v) is 12.6. The lowest BCUT2D eigenvalue weighted by atomic mass is 10.0. The van der Waals surface area contributed by atoms with E-state index in [4.69, 9.17) is 0 Å². The first-order chi connectivity index (χ1) is 17.1. The molecule has 2 aromatic rings. The number of tetrazole rings is 1. The maximum atomic E-state index is 12.8. The minimum Gasteiger partial charge on any atom is -0.477 e. The number of amides is 2. The third-order valence-electron chi connectivity index (χ3n) is 5.17. The van der Waals surface area contributed by atoms with Crippen LogP contribution in [0.2, 0.25) is 0 Å². The van der Waals surface area contributed by atoms with Gasteiger partial charge in [-0.2, -0.15) is 0 Å². The average molecular weight is 576 g/mol. The molecule has 0 saturated carbocycles. The summed E-state index contributed by atoms with van der Waals surface area (Å²) in [5.41, 5.74) is 0.327. The first-order valence-electron chi connectivity index (χ1n) is 10.3. The number of hydrogen-bond donors (Lipinski definition) is 4. The number of sulfonamides is 1. The number of carboxylic acid groups (broad SMARTS) is 1. The Morgan fingerprint density at radius 2 is 2.17 bits per heavy atom. The zero-order valence-corrected chi connectivity index (χ0v) is 21.9. The van der Waals surface area contributed by atoms with Crippen molar-refractivity contribution in [3.05, 3.63) is 33.7 Å². The van der Waals surface area contributed by atoms with Crippen molar-refractivity contribution >= 4 is 62.7 Å². The van der Waals surface area contributed by atoms with Crippen LogP contribution in [-0.4, -0.2) is 97.2 Å². The lowest BCUT2D eigenvalue weighted by Crippen LogP contribution is -2.70. The zero-order chi connectivity index (χ0) is 26.0. The Bertz CT molecular complexity index is 1290. The lowest BCUT2D eigenvalue weighted by Gasteiger charge is -2.49. The smallest absolute Gasteiger partial charge is 0.352 e. The Kier molecular flexibility index (Phi) is 8.00. The molecular formula is C18H21N7O7S4. The van der Waals surface area contributed by atoms with Crippen molar-refractivity contribution in [1.29, 1.82) is 0 Å². The summed E-state index contributed by atoms with van der Waals surface area (Å²) in [6.45, 7) is 0.252. The lowest BCUT2D eigenvalue weighted by molar-refractivity contribution is -0.151. The molecule has 0 spiro atoms. The van der Waals surface area contributed by atoms with E-state index >= 15 is 0 Å². The number of fused-ring (bicyclic) bond motifs is 1. The molecule has 4 rings (SSSR count). The number of nitrogens with one attached hydrogen (secondary N) is 2. The standard InChI is InChI=1S/C18H21N7O7S4/c1-36(31,32)19-4-5-24-18(21-22-23-24)35-8-9-7-34-16-11(15(28)25(16)12(9)17(29)30)20-14(27)13(26)10-3-2-6-33-10/h2-3,6,11,13,16,19,26H,4-5,7-8H2,1H3,(H,20,27)(H,29,30)/t11-,13?,16-/m1/s1. The van der Waals surface area contributed by atoms with Crippen LogP contribution in [0.5, 0.6) is 0 Å². The molecule has 14 nitrogen and oxygen atoms in total. The number of nitrogens with zero attached hydrogens (tertiary/aromatic N) is 5. The molecule has 4 N–H and O–H groups in total. The van der Waals surface area contributed by atoms with Crippen LogP contribution in [0.3, 0.4) is 0 Å². The van der Waals surface area contributed by atoms with Gasteiger partial charge in [0, 0.05) is 22.9 Å². The number of hydrogen-bond acceptors (Lipinski definition) is 12. The number of aliphatic hydroxyl groups is 1. The minimum atomic E-state index is -3.37. The fourth-order valence-corrected chi connectivity index (χ4v) is 7.09. The number of thiophene rings is 1. The molecule has 0 bridgehead atoms. The maximum Gasteiger partial charge on any atom is 0.352 e. The van der Waals surface area contributed by atoms with Crippen molar-refractivity contribution < 1.29 is 33.0 Å². The molecule has 1 unspecified atom stereocenters. The number of aromatic nitrogens is 4. The molecule has 0 radical (unpaired) electrons. The zero-order valence-electron chi connectivity index (χ0n) is 18.6. The Morgan fingerprint density at radius 1 is 1.39 bits per heavy atom. The Morgan fingerprint density at radius 3 is 2.83 bits per heavy atom. The second kappa shape index (κ2) is 10.9. The van der Waals surface area contributed by atoms with Gasteiger partial charge in [0.15, 0.2) is 6.10 Å². The molecule has 36 heavy (non-hydrogen) atoms. The Hall–Kier alpha value is -2.51. The van der Waals surface area contributed by atoms with Crippen molar-refractivity contribution in [2.45, 2.75) is 29.2 Å². The van der Waals surface area contributed by atoms with Crippen LogP contribution < -0.4 is 10.0 Å². The topological polar surface area (TPSA) is 197 Å². The van der Waals surface area contributed by atoms with Crippen LogP contribution in [-0.2, 0) is 31.0 Å². The number of carboxylic acids is 1. The summed E-state index contributed by atoms with van der Waals surface area (Å²) in [5.74, 6) is -2.10. The molecular weight excluding hydrogens is 555 g/mol. The van der Waals surface area contributed by atoms with E-state index in [0.717, 1.165) is 22.9 Å². The van der Waals surface area contributed by atoms with E-state index in [9.17, 15) is 33.0 Å². The van der Waals surface area contributed by atoms with Crippen LogP contribution in [0.15, 0.2) is 33.9 Å². The SMILES string of the molecule is CS(=O)(=O)NCCn1nnnc1SCC1=C(C(=O)O)N2C(=O)[C@@H](NC(=O)C(O)c3cccs3)[C@H]2SC1. The third kappa shape index (κ3) is 5.73.